The van der Waals surface area contributed by atoms with Gasteiger partial charge in [0.15, 0.2) is 5.69 Å². The number of aryl methyl sites for hydroxylation is 1. The zero-order valence-corrected chi connectivity index (χ0v) is 15.0. The highest BCUT2D eigenvalue weighted by Gasteiger charge is 2.26. The average Bonchev–Trinajstić information content (AvgIpc) is 2.97. The highest BCUT2D eigenvalue weighted by Crippen LogP contribution is 2.25. The van der Waals surface area contributed by atoms with Crippen molar-refractivity contribution in [3.8, 4) is 5.88 Å². The van der Waals surface area contributed by atoms with E-state index in [1.165, 1.54) is 4.90 Å². The molecule has 25 heavy (non-hydrogen) atoms. The number of rotatable bonds is 3. The number of carbonyl (C=O) groups is 1. The summed E-state index contributed by atoms with van der Waals surface area (Å²) in [6.07, 6.45) is 3.41. The van der Waals surface area contributed by atoms with Crippen LogP contribution in [0.2, 0.25) is 0 Å². The molecule has 2 aromatic heterocycles. The molecule has 1 amide bonds. The van der Waals surface area contributed by atoms with Gasteiger partial charge < -0.3 is 9.30 Å². The zero-order chi connectivity index (χ0) is 18.2. The summed E-state index contributed by atoms with van der Waals surface area (Å²) in [6.45, 7) is 5.71. The second-order valence-corrected chi connectivity index (χ2v) is 6.78. The SMILES string of the molecule is CN(C(=O)c1nc2ccccc2nc1OC(C)(C)C)c1nccn1C. The first-order valence-corrected chi connectivity index (χ1v) is 7.97. The average molecular weight is 339 g/mol. The molecule has 3 aromatic rings. The van der Waals surface area contributed by atoms with Gasteiger partial charge in [0, 0.05) is 26.5 Å². The fourth-order valence-corrected chi connectivity index (χ4v) is 2.41. The van der Waals surface area contributed by atoms with Crippen LogP contribution in [-0.4, -0.2) is 38.1 Å². The molecule has 7 heteroatoms. The van der Waals surface area contributed by atoms with Gasteiger partial charge in [-0.25, -0.2) is 15.0 Å². The number of aromatic nitrogens is 4. The molecule has 0 bridgehead atoms. The fourth-order valence-electron chi connectivity index (χ4n) is 2.41. The van der Waals surface area contributed by atoms with E-state index in [9.17, 15) is 4.79 Å². The molecule has 0 radical (unpaired) electrons. The summed E-state index contributed by atoms with van der Waals surface area (Å²) in [6, 6.07) is 7.40. The van der Waals surface area contributed by atoms with E-state index < -0.39 is 5.60 Å². The number of nitrogens with zero attached hydrogens (tertiary/aromatic N) is 5. The van der Waals surface area contributed by atoms with Crippen LogP contribution >= 0.6 is 0 Å². The van der Waals surface area contributed by atoms with Crippen LogP contribution in [-0.2, 0) is 7.05 Å². The number of carbonyl (C=O) groups excluding carboxylic acids is 1. The van der Waals surface area contributed by atoms with E-state index in [1.54, 1.807) is 24.0 Å². The van der Waals surface area contributed by atoms with Gasteiger partial charge in [-0.3, -0.25) is 9.69 Å². The smallest absolute Gasteiger partial charge is 0.284 e. The molecule has 0 spiro atoms. The minimum absolute atomic E-state index is 0.166. The summed E-state index contributed by atoms with van der Waals surface area (Å²) in [7, 11) is 3.48. The van der Waals surface area contributed by atoms with E-state index in [0.717, 1.165) is 0 Å². The second-order valence-electron chi connectivity index (χ2n) is 6.78. The zero-order valence-electron chi connectivity index (χ0n) is 15.0. The number of amides is 1. The van der Waals surface area contributed by atoms with E-state index >= 15 is 0 Å². The van der Waals surface area contributed by atoms with Crippen LogP contribution in [0.3, 0.4) is 0 Å². The molecule has 0 saturated carbocycles. The molecular weight excluding hydrogens is 318 g/mol. The van der Waals surface area contributed by atoms with Gasteiger partial charge in [-0.1, -0.05) is 12.1 Å². The van der Waals surface area contributed by atoms with Crippen molar-refractivity contribution >= 4 is 22.9 Å². The summed E-state index contributed by atoms with van der Waals surface area (Å²) in [4.78, 5) is 27.7. The summed E-state index contributed by atoms with van der Waals surface area (Å²) in [5.41, 5.74) is 0.978. The molecule has 1 aromatic carbocycles. The lowest BCUT2D eigenvalue weighted by molar-refractivity contribution is 0.0955. The van der Waals surface area contributed by atoms with Crippen molar-refractivity contribution in [2.75, 3.05) is 11.9 Å². The van der Waals surface area contributed by atoms with E-state index in [-0.39, 0.29) is 17.5 Å². The number of benzene rings is 1. The van der Waals surface area contributed by atoms with Crippen molar-refractivity contribution in [1.82, 2.24) is 19.5 Å². The van der Waals surface area contributed by atoms with Gasteiger partial charge in [0.1, 0.15) is 5.60 Å². The summed E-state index contributed by atoms with van der Waals surface area (Å²) >= 11 is 0. The van der Waals surface area contributed by atoms with Crippen LogP contribution in [0.15, 0.2) is 36.7 Å². The van der Waals surface area contributed by atoms with Crippen LogP contribution in [0, 0.1) is 0 Å². The topological polar surface area (TPSA) is 73.1 Å². The fraction of sp³-hybridized carbons (Fsp3) is 0.333. The largest absolute Gasteiger partial charge is 0.470 e. The molecule has 2 heterocycles. The van der Waals surface area contributed by atoms with Crippen molar-refractivity contribution in [1.29, 1.82) is 0 Å². The Morgan fingerprint density at radius 1 is 1.16 bits per heavy atom. The van der Waals surface area contributed by atoms with Gasteiger partial charge in [-0.2, -0.15) is 0 Å². The molecule has 0 fully saturated rings. The van der Waals surface area contributed by atoms with Gasteiger partial charge >= 0.3 is 0 Å². The molecule has 0 aliphatic rings. The Bertz CT molecular complexity index is 927. The first kappa shape index (κ1) is 16.9. The maximum absolute atomic E-state index is 13.0. The summed E-state index contributed by atoms with van der Waals surface area (Å²) in [5.74, 6) is 0.408. The quantitative estimate of drug-likeness (QED) is 0.733. The summed E-state index contributed by atoms with van der Waals surface area (Å²) < 4.78 is 7.67. The lowest BCUT2D eigenvalue weighted by Gasteiger charge is -2.23. The normalized spacial score (nSPS) is 11.6. The number of fused-ring (bicyclic) bond motifs is 1. The van der Waals surface area contributed by atoms with Crippen molar-refractivity contribution < 1.29 is 9.53 Å². The minimum Gasteiger partial charge on any atom is -0.470 e. The van der Waals surface area contributed by atoms with Gasteiger partial charge in [-0.05, 0) is 32.9 Å². The maximum Gasteiger partial charge on any atom is 0.284 e. The highest BCUT2D eigenvalue weighted by molar-refractivity contribution is 6.05. The number of para-hydroxylation sites is 2. The van der Waals surface area contributed by atoms with E-state index in [0.29, 0.717) is 17.0 Å². The molecule has 0 aliphatic carbocycles. The van der Waals surface area contributed by atoms with Crippen LogP contribution < -0.4 is 9.64 Å². The van der Waals surface area contributed by atoms with Crippen LogP contribution in [0.4, 0.5) is 5.95 Å². The van der Waals surface area contributed by atoms with Crippen molar-refractivity contribution in [2.45, 2.75) is 26.4 Å². The first-order valence-electron chi connectivity index (χ1n) is 7.97. The Morgan fingerprint density at radius 3 is 2.36 bits per heavy atom. The Labute approximate surface area is 146 Å². The third-order valence-corrected chi connectivity index (χ3v) is 3.54. The van der Waals surface area contributed by atoms with E-state index in [2.05, 4.69) is 15.0 Å². The van der Waals surface area contributed by atoms with Crippen LogP contribution in [0.5, 0.6) is 5.88 Å². The third kappa shape index (κ3) is 3.45. The number of ether oxygens (including phenoxy) is 1. The molecule has 0 atom stereocenters. The van der Waals surface area contributed by atoms with Gasteiger partial charge in [0.25, 0.3) is 5.91 Å². The van der Waals surface area contributed by atoms with E-state index in [4.69, 9.17) is 4.74 Å². The Kier molecular flexibility index (Phi) is 4.16. The Morgan fingerprint density at radius 2 is 1.80 bits per heavy atom. The number of hydrogen-bond donors (Lipinski definition) is 0. The molecular formula is C18H21N5O2. The predicted octanol–water partition coefficient (Wildman–Crippen LogP) is 2.82. The van der Waals surface area contributed by atoms with Crippen molar-refractivity contribution in [3.63, 3.8) is 0 Å². The van der Waals surface area contributed by atoms with Crippen LogP contribution in [0.25, 0.3) is 11.0 Å². The minimum atomic E-state index is -0.506. The molecule has 0 saturated heterocycles. The molecule has 0 N–H and O–H groups in total. The second kappa shape index (κ2) is 6.16. The molecule has 3 rings (SSSR count). The number of hydrogen-bond acceptors (Lipinski definition) is 5. The number of anilines is 1. The van der Waals surface area contributed by atoms with Gasteiger partial charge in [0.2, 0.25) is 11.8 Å². The lowest BCUT2D eigenvalue weighted by atomic mass is 10.2. The molecule has 7 nitrogen and oxygen atoms in total. The summed E-state index contributed by atoms with van der Waals surface area (Å²) in [5, 5.41) is 0. The third-order valence-electron chi connectivity index (χ3n) is 3.54. The van der Waals surface area contributed by atoms with Crippen molar-refractivity contribution in [2.24, 2.45) is 7.05 Å². The van der Waals surface area contributed by atoms with E-state index in [1.807, 2.05) is 52.1 Å². The maximum atomic E-state index is 13.0. The monoisotopic (exact) mass is 339 g/mol. The van der Waals surface area contributed by atoms with Crippen molar-refractivity contribution in [3.05, 3.63) is 42.4 Å². The van der Waals surface area contributed by atoms with Gasteiger partial charge in [0.05, 0.1) is 11.0 Å². The Hall–Kier alpha value is -2.96. The standard InChI is InChI=1S/C18H21N5O2/c1-18(2,3)25-15-14(20-12-8-6-7-9-13(12)21-15)16(24)23(5)17-19-10-11-22(17)4/h6-11H,1-5H3. The predicted molar refractivity (Wildman–Crippen MR) is 95.9 cm³/mol. The van der Waals surface area contributed by atoms with Crippen LogP contribution in [0.1, 0.15) is 31.3 Å². The molecule has 130 valence electrons. The molecule has 0 aliphatic heterocycles. The first-order chi connectivity index (χ1) is 11.8. The molecule has 0 unspecified atom stereocenters. The van der Waals surface area contributed by atoms with Gasteiger partial charge in [-0.15, -0.1) is 0 Å². The Balaban J connectivity index is 2.10. The highest BCUT2D eigenvalue weighted by atomic mass is 16.5. The number of imidazole rings is 1. The lowest BCUT2D eigenvalue weighted by Crippen LogP contribution is -2.32.